The molecular weight excluding hydrogens is 198 g/mol. The van der Waals surface area contributed by atoms with Gasteiger partial charge in [0.05, 0.1) is 6.26 Å². The van der Waals surface area contributed by atoms with Gasteiger partial charge < -0.3 is 0 Å². The van der Waals surface area contributed by atoms with Crippen LogP contribution in [-0.4, -0.2) is 30.9 Å². The third-order valence-corrected chi connectivity index (χ3v) is 5.34. The lowest BCUT2D eigenvalue weighted by molar-refractivity contribution is 0.597. The minimum absolute atomic E-state index is 0.441. The van der Waals surface area contributed by atoms with Crippen molar-refractivity contribution >= 4 is 20.1 Å². The Bertz CT molecular complexity index is 271. The van der Waals surface area contributed by atoms with Crippen molar-refractivity contribution in [3.8, 4) is 0 Å². The summed E-state index contributed by atoms with van der Waals surface area (Å²) in [6.07, 6.45) is 4.19. The molecule has 0 amide bonds. The molecule has 0 aromatic rings. The topological polar surface area (TPSA) is 63.2 Å². The molecule has 0 aliphatic heterocycles. The third-order valence-electron chi connectivity index (χ3n) is 1.30. The van der Waals surface area contributed by atoms with Crippen molar-refractivity contribution in [2.24, 2.45) is 0 Å². The molecule has 0 aliphatic rings. The summed E-state index contributed by atoms with van der Waals surface area (Å²) in [7, 11) is -5.99. The highest BCUT2D eigenvalue weighted by Crippen LogP contribution is 2.00. The number of unbranched alkanes of at least 4 members (excludes halogenated alkanes) is 1. The normalized spacial score (nSPS) is 14.6. The highest BCUT2D eigenvalue weighted by atomic mass is 32.3. The van der Waals surface area contributed by atoms with E-state index in [9.17, 15) is 12.6 Å². The molecule has 0 saturated carbocycles. The van der Waals surface area contributed by atoms with Gasteiger partial charge in [-0.1, -0.05) is 13.3 Å². The highest BCUT2D eigenvalue weighted by Gasteiger charge is 2.12. The van der Waals surface area contributed by atoms with Crippen LogP contribution in [0.5, 0.6) is 0 Å². The molecule has 0 fully saturated rings. The smallest absolute Gasteiger partial charge is 0.218 e. The number of sulfonamides is 1. The molecule has 0 unspecified atom stereocenters. The van der Waals surface area contributed by atoms with Crippen LogP contribution >= 0.6 is 0 Å². The van der Waals surface area contributed by atoms with Crippen LogP contribution in [0.15, 0.2) is 0 Å². The quantitative estimate of drug-likeness (QED) is 0.629. The Kier molecular flexibility index (Phi) is 4.36. The van der Waals surface area contributed by atoms with E-state index in [0.717, 1.165) is 19.1 Å². The van der Waals surface area contributed by atoms with Gasteiger partial charge in [-0.05, 0) is 16.5 Å². The fourth-order valence-corrected chi connectivity index (χ4v) is 4.95. The van der Waals surface area contributed by atoms with Gasteiger partial charge in [0.15, 0.2) is 0 Å². The predicted molar refractivity (Wildman–Crippen MR) is 53.2 cm³/mol. The van der Waals surface area contributed by atoms with Crippen molar-refractivity contribution in [1.29, 1.82) is 0 Å². The minimum Gasteiger partial charge on any atom is -0.271 e. The fourth-order valence-electron chi connectivity index (χ4n) is 0.856. The van der Waals surface area contributed by atoms with Crippen molar-refractivity contribution in [1.82, 2.24) is 4.13 Å². The first-order valence-electron chi connectivity index (χ1n) is 3.82. The van der Waals surface area contributed by atoms with E-state index >= 15 is 0 Å². The van der Waals surface area contributed by atoms with Crippen molar-refractivity contribution < 1.29 is 12.6 Å². The van der Waals surface area contributed by atoms with Gasteiger partial charge >= 0.3 is 0 Å². The largest absolute Gasteiger partial charge is 0.271 e. The zero-order valence-corrected chi connectivity index (χ0v) is 9.41. The molecule has 6 heteroatoms. The number of hydrogen-bond acceptors (Lipinski definition) is 3. The first kappa shape index (κ1) is 12.1. The monoisotopic (exact) mass is 215 g/mol. The maximum atomic E-state index is 11.5. The predicted octanol–water partition coefficient (Wildman–Crippen LogP) is -0.103. The van der Waals surface area contributed by atoms with E-state index in [-0.39, 0.29) is 0 Å². The second kappa shape index (κ2) is 4.34. The van der Waals surface area contributed by atoms with Crippen molar-refractivity contribution in [2.45, 2.75) is 19.8 Å². The summed E-state index contributed by atoms with van der Waals surface area (Å²) in [6.45, 7) is 1.97. The highest BCUT2D eigenvalue weighted by molar-refractivity contribution is 8.10. The molecule has 1 N–H and O–H groups in total. The van der Waals surface area contributed by atoms with Gasteiger partial charge in [0, 0.05) is 12.0 Å². The molecule has 4 nitrogen and oxygen atoms in total. The summed E-state index contributed by atoms with van der Waals surface area (Å²) >= 11 is 0. The van der Waals surface area contributed by atoms with E-state index in [1.165, 1.54) is 6.26 Å². The lowest BCUT2D eigenvalue weighted by Crippen LogP contribution is -2.36. The molecule has 0 spiro atoms. The summed E-state index contributed by atoms with van der Waals surface area (Å²) in [5.74, 6) is 0.441. The SMILES string of the molecule is CCCC[SH](C)(=O)NS(C)(=O)=O. The Balaban J connectivity index is 4.15. The summed E-state index contributed by atoms with van der Waals surface area (Å²) in [4.78, 5) is 0. The maximum absolute atomic E-state index is 11.5. The van der Waals surface area contributed by atoms with E-state index in [1.54, 1.807) is 0 Å². The van der Waals surface area contributed by atoms with Gasteiger partial charge in [-0.2, -0.15) is 4.13 Å². The fraction of sp³-hybridized carbons (Fsp3) is 1.00. The molecule has 0 bridgehead atoms. The molecule has 0 radical (unpaired) electrons. The Morgan fingerprint density at radius 1 is 1.42 bits per heavy atom. The number of thiol groups is 1. The van der Waals surface area contributed by atoms with Gasteiger partial charge in [0.25, 0.3) is 0 Å². The second-order valence-corrected chi connectivity index (χ2v) is 7.97. The number of nitrogens with one attached hydrogen (secondary N) is 1. The van der Waals surface area contributed by atoms with Crippen LogP contribution < -0.4 is 4.13 Å². The van der Waals surface area contributed by atoms with Gasteiger partial charge in [-0.25, -0.2) is 8.42 Å². The van der Waals surface area contributed by atoms with Crippen LogP contribution in [0.3, 0.4) is 0 Å². The Morgan fingerprint density at radius 2 is 1.92 bits per heavy atom. The van der Waals surface area contributed by atoms with Gasteiger partial charge in [-0.3, -0.25) is 4.21 Å². The summed E-state index contributed by atoms with van der Waals surface area (Å²) < 4.78 is 35.1. The van der Waals surface area contributed by atoms with Crippen LogP contribution in [0.1, 0.15) is 19.8 Å². The van der Waals surface area contributed by atoms with Crippen molar-refractivity contribution in [3.05, 3.63) is 0 Å². The lowest BCUT2D eigenvalue weighted by Gasteiger charge is -2.18. The van der Waals surface area contributed by atoms with Gasteiger partial charge in [-0.15, -0.1) is 0 Å². The molecule has 0 atom stereocenters. The first-order valence-corrected chi connectivity index (χ1v) is 8.05. The van der Waals surface area contributed by atoms with Crippen LogP contribution in [0, 0.1) is 0 Å². The van der Waals surface area contributed by atoms with Crippen LogP contribution in [-0.2, 0) is 20.1 Å². The van der Waals surface area contributed by atoms with Crippen LogP contribution in [0.4, 0.5) is 0 Å². The van der Waals surface area contributed by atoms with E-state index in [0.29, 0.717) is 5.75 Å². The number of rotatable bonds is 5. The zero-order chi connectivity index (χ0) is 9.83. The minimum atomic E-state index is -3.33. The standard InChI is InChI=1S/C6H17NO3S2/c1-4-5-6-11(2,8)7-12(3,9)10/h11H,4-6H2,1-3H3,(H,7,8). The Labute approximate surface area is 75.4 Å². The summed E-state index contributed by atoms with van der Waals surface area (Å²) in [5.41, 5.74) is 0. The van der Waals surface area contributed by atoms with Crippen molar-refractivity contribution in [3.63, 3.8) is 0 Å². The molecular formula is C6H17NO3S2. The molecule has 12 heavy (non-hydrogen) atoms. The van der Waals surface area contributed by atoms with Gasteiger partial charge in [0.2, 0.25) is 10.0 Å². The maximum Gasteiger partial charge on any atom is 0.218 e. The van der Waals surface area contributed by atoms with Crippen molar-refractivity contribution in [2.75, 3.05) is 18.3 Å². The van der Waals surface area contributed by atoms with E-state index in [2.05, 4.69) is 4.13 Å². The molecule has 0 aliphatic carbocycles. The average molecular weight is 215 g/mol. The van der Waals surface area contributed by atoms with Crippen LogP contribution in [0.25, 0.3) is 0 Å². The van der Waals surface area contributed by atoms with Crippen LogP contribution in [0.2, 0.25) is 0 Å². The molecule has 0 rings (SSSR count). The first-order chi connectivity index (χ1) is 5.27. The summed E-state index contributed by atoms with van der Waals surface area (Å²) in [5, 5.41) is 0. The Morgan fingerprint density at radius 3 is 2.25 bits per heavy atom. The lowest BCUT2D eigenvalue weighted by atomic mass is 10.4. The molecule has 0 heterocycles. The van der Waals surface area contributed by atoms with Gasteiger partial charge in [0.1, 0.15) is 0 Å². The zero-order valence-electron chi connectivity index (χ0n) is 7.70. The third kappa shape index (κ3) is 6.75. The molecule has 76 valence electrons. The summed E-state index contributed by atoms with van der Waals surface area (Å²) in [6, 6.07) is 0. The number of hydrogen-bond donors (Lipinski definition) is 2. The average Bonchev–Trinajstić information content (AvgIpc) is 1.78. The molecule has 0 saturated heterocycles. The Hall–Kier alpha value is 0.0600. The molecule has 0 aromatic carbocycles. The van der Waals surface area contributed by atoms with E-state index < -0.39 is 20.1 Å². The van der Waals surface area contributed by atoms with E-state index in [4.69, 9.17) is 0 Å². The molecule has 0 aromatic heterocycles. The van der Waals surface area contributed by atoms with E-state index in [1.807, 2.05) is 6.92 Å². The second-order valence-electron chi connectivity index (χ2n) is 3.04.